The van der Waals surface area contributed by atoms with Crippen LogP contribution in [-0.2, 0) is 19.6 Å². The minimum absolute atomic E-state index is 0.167. The van der Waals surface area contributed by atoms with Crippen LogP contribution in [0.3, 0.4) is 0 Å². The van der Waals surface area contributed by atoms with E-state index in [1.807, 2.05) is 0 Å². The van der Waals surface area contributed by atoms with Gasteiger partial charge in [-0.25, -0.2) is 12.8 Å². The second-order valence-corrected chi connectivity index (χ2v) is 7.49. The molecule has 0 aromatic heterocycles. The summed E-state index contributed by atoms with van der Waals surface area (Å²) in [6, 6.07) is 5.29. The monoisotopic (exact) mass is 353 g/mol. The van der Waals surface area contributed by atoms with Gasteiger partial charge < -0.3 is 4.74 Å². The van der Waals surface area contributed by atoms with Gasteiger partial charge in [-0.2, -0.15) is 4.31 Å². The summed E-state index contributed by atoms with van der Waals surface area (Å²) in [5.74, 6) is 1.04. The maximum Gasteiger partial charge on any atom is 0.309 e. The summed E-state index contributed by atoms with van der Waals surface area (Å²) < 4.78 is 45.1. The van der Waals surface area contributed by atoms with Crippen molar-refractivity contribution < 1.29 is 22.3 Å². The number of carbonyl (C=O) groups excluding carboxylic acids is 1. The first-order chi connectivity index (χ1) is 11.5. The van der Waals surface area contributed by atoms with Gasteiger partial charge in [0.1, 0.15) is 10.7 Å². The van der Waals surface area contributed by atoms with Crippen molar-refractivity contribution in [2.75, 3.05) is 19.7 Å². The van der Waals surface area contributed by atoms with E-state index in [9.17, 15) is 17.6 Å². The van der Waals surface area contributed by atoms with Crippen LogP contribution in [0.1, 0.15) is 25.7 Å². The number of nitrogens with zero attached hydrogens (tertiary/aromatic N) is 1. The van der Waals surface area contributed by atoms with Crippen LogP contribution in [0, 0.1) is 24.1 Å². The van der Waals surface area contributed by atoms with E-state index in [0.29, 0.717) is 25.7 Å². The molecule has 0 bridgehead atoms. The van der Waals surface area contributed by atoms with Crippen molar-refractivity contribution >= 4 is 16.0 Å². The topological polar surface area (TPSA) is 63.7 Å². The van der Waals surface area contributed by atoms with E-state index in [4.69, 9.17) is 11.2 Å². The SMILES string of the molecule is C#CCCCOC(=O)C1CCN(S(=O)(=O)c2ccccc2F)CC1. The number of benzene rings is 1. The molecule has 0 aliphatic carbocycles. The molecule has 0 atom stereocenters. The summed E-state index contributed by atoms with van der Waals surface area (Å²) in [5.41, 5.74) is 0. The maximum atomic E-state index is 13.8. The zero-order valence-electron chi connectivity index (χ0n) is 13.3. The third kappa shape index (κ3) is 4.34. The molecule has 0 N–H and O–H groups in total. The molecule has 1 saturated heterocycles. The van der Waals surface area contributed by atoms with Crippen LogP contribution in [0.4, 0.5) is 4.39 Å². The van der Waals surface area contributed by atoms with Gasteiger partial charge in [0.2, 0.25) is 10.0 Å². The molecule has 0 spiro atoms. The molecule has 1 aromatic rings. The number of rotatable bonds is 6. The van der Waals surface area contributed by atoms with Gasteiger partial charge in [-0.3, -0.25) is 4.79 Å². The summed E-state index contributed by atoms with van der Waals surface area (Å²) in [4.78, 5) is 11.6. The molecule has 7 heteroatoms. The number of hydrogen-bond donors (Lipinski definition) is 0. The lowest BCUT2D eigenvalue weighted by Crippen LogP contribution is -2.40. The average Bonchev–Trinajstić information content (AvgIpc) is 2.59. The molecule has 5 nitrogen and oxygen atoms in total. The highest BCUT2D eigenvalue weighted by atomic mass is 32.2. The van der Waals surface area contributed by atoms with E-state index < -0.39 is 15.8 Å². The number of unbranched alkanes of at least 4 members (excludes halogenated alkanes) is 1. The van der Waals surface area contributed by atoms with Gasteiger partial charge in [0.25, 0.3) is 0 Å². The third-order valence-electron chi connectivity index (χ3n) is 3.95. The van der Waals surface area contributed by atoms with E-state index in [1.165, 1.54) is 22.5 Å². The fraction of sp³-hybridized carbons (Fsp3) is 0.471. The molecule has 0 radical (unpaired) electrons. The van der Waals surface area contributed by atoms with Crippen molar-refractivity contribution in [3.05, 3.63) is 30.1 Å². The predicted octanol–water partition coefficient (Wildman–Crippen LogP) is 2.18. The molecule has 0 amide bonds. The minimum atomic E-state index is -3.88. The summed E-state index contributed by atoms with van der Waals surface area (Å²) in [6.07, 6.45) is 7.01. The van der Waals surface area contributed by atoms with Crippen molar-refractivity contribution in [2.45, 2.75) is 30.6 Å². The van der Waals surface area contributed by atoms with Gasteiger partial charge in [0.05, 0.1) is 12.5 Å². The van der Waals surface area contributed by atoms with Crippen LogP contribution >= 0.6 is 0 Å². The summed E-state index contributed by atoms with van der Waals surface area (Å²) in [7, 11) is -3.88. The molecule has 0 saturated carbocycles. The lowest BCUT2D eigenvalue weighted by atomic mass is 9.98. The van der Waals surface area contributed by atoms with Crippen LogP contribution in [0.15, 0.2) is 29.2 Å². The zero-order chi connectivity index (χ0) is 17.6. The number of esters is 1. The van der Waals surface area contributed by atoms with Gasteiger partial charge in [-0.05, 0) is 31.4 Å². The van der Waals surface area contributed by atoms with Gasteiger partial charge in [-0.15, -0.1) is 12.3 Å². The quantitative estimate of drug-likeness (QED) is 0.447. The number of hydrogen-bond acceptors (Lipinski definition) is 4. The number of ether oxygens (including phenoxy) is 1. The molecule has 24 heavy (non-hydrogen) atoms. The van der Waals surface area contributed by atoms with E-state index >= 15 is 0 Å². The van der Waals surface area contributed by atoms with Crippen molar-refractivity contribution in [2.24, 2.45) is 5.92 Å². The van der Waals surface area contributed by atoms with Crippen molar-refractivity contribution in [1.82, 2.24) is 4.31 Å². The second kappa shape index (κ2) is 8.27. The lowest BCUT2D eigenvalue weighted by molar-refractivity contribution is -0.149. The van der Waals surface area contributed by atoms with Crippen molar-refractivity contribution in [3.63, 3.8) is 0 Å². The number of piperidine rings is 1. The minimum Gasteiger partial charge on any atom is -0.465 e. The largest absolute Gasteiger partial charge is 0.465 e. The first kappa shape index (κ1) is 18.4. The van der Waals surface area contributed by atoms with Gasteiger partial charge in [-0.1, -0.05) is 12.1 Å². The number of halogens is 1. The fourth-order valence-electron chi connectivity index (χ4n) is 2.59. The third-order valence-corrected chi connectivity index (χ3v) is 5.88. The molecule has 2 rings (SSSR count). The smallest absolute Gasteiger partial charge is 0.309 e. The first-order valence-electron chi connectivity index (χ1n) is 7.81. The zero-order valence-corrected chi connectivity index (χ0v) is 14.1. The normalized spacial score (nSPS) is 16.5. The number of carbonyl (C=O) groups is 1. The number of sulfonamides is 1. The van der Waals surface area contributed by atoms with Crippen LogP contribution in [0.2, 0.25) is 0 Å². The Hall–Kier alpha value is -1.91. The molecule has 1 heterocycles. The lowest BCUT2D eigenvalue weighted by Gasteiger charge is -2.30. The molecule has 0 unspecified atom stereocenters. The fourth-order valence-corrected chi connectivity index (χ4v) is 4.12. The van der Waals surface area contributed by atoms with Gasteiger partial charge in [0.15, 0.2) is 0 Å². The maximum absolute atomic E-state index is 13.8. The molecule has 1 fully saturated rings. The molecule has 1 aliphatic rings. The van der Waals surface area contributed by atoms with Crippen molar-refractivity contribution in [1.29, 1.82) is 0 Å². The molecule has 130 valence electrons. The van der Waals surface area contributed by atoms with Gasteiger partial charge >= 0.3 is 5.97 Å². The Bertz CT molecular complexity index is 718. The Morgan fingerprint density at radius 1 is 1.33 bits per heavy atom. The van der Waals surface area contributed by atoms with E-state index in [1.54, 1.807) is 0 Å². The average molecular weight is 353 g/mol. The highest BCUT2D eigenvalue weighted by Gasteiger charge is 2.33. The molecule has 1 aliphatic heterocycles. The standard InChI is InChI=1S/C17H20FNO4S/c1-2-3-6-13-23-17(20)14-9-11-19(12-10-14)24(21,22)16-8-5-4-7-15(16)18/h1,4-5,7-8,14H,3,6,9-13H2. The predicted molar refractivity (Wildman–Crippen MR) is 86.9 cm³/mol. The Morgan fingerprint density at radius 3 is 2.62 bits per heavy atom. The Kier molecular flexibility index (Phi) is 6.35. The van der Waals surface area contributed by atoms with E-state index in [-0.39, 0.29) is 36.5 Å². The van der Waals surface area contributed by atoms with E-state index in [2.05, 4.69) is 5.92 Å². The Labute approximate surface area is 141 Å². The molecule has 1 aromatic carbocycles. The summed E-state index contributed by atoms with van der Waals surface area (Å²) in [6.45, 7) is 0.609. The first-order valence-corrected chi connectivity index (χ1v) is 9.25. The Balaban J connectivity index is 1.92. The van der Waals surface area contributed by atoms with Crippen LogP contribution in [-0.4, -0.2) is 38.4 Å². The highest BCUT2D eigenvalue weighted by Crippen LogP contribution is 2.25. The van der Waals surface area contributed by atoms with Gasteiger partial charge in [0, 0.05) is 19.5 Å². The highest BCUT2D eigenvalue weighted by molar-refractivity contribution is 7.89. The molecular weight excluding hydrogens is 333 g/mol. The van der Waals surface area contributed by atoms with Crippen molar-refractivity contribution in [3.8, 4) is 12.3 Å². The molecular formula is C17H20FNO4S. The Morgan fingerprint density at radius 2 is 2.00 bits per heavy atom. The number of terminal acetylenes is 1. The second-order valence-electron chi connectivity index (χ2n) is 5.58. The van der Waals surface area contributed by atoms with Crippen LogP contribution in [0.5, 0.6) is 0 Å². The van der Waals surface area contributed by atoms with E-state index in [0.717, 1.165) is 6.07 Å². The summed E-state index contributed by atoms with van der Waals surface area (Å²) >= 11 is 0. The van der Waals surface area contributed by atoms with Crippen LogP contribution in [0.25, 0.3) is 0 Å². The van der Waals surface area contributed by atoms with Crippen LogP contribution < -0.4 is 0 Å². The summed E-state index contributed by atoms with van der Waals surface area (Å²) in [5, 5.41) is 0.